The standard InChI is InChI=1S/C10H18N2O3S/c1-2-12(6-10(14)15)9(13)5-8-7-16-4-3-11-8/h8,11H,2-7H2,1H3,(H,14,15). The van der Waals surface area contributed by atoms with Gasteiger partial charge in [-0.25, -0.2) is 0 Å². The number of likely N-dealkylation sites (N-methyl/N-ethyl adjacent to an activating group) is 1. The van der Waals surface area contributed by atoms with Crippen molar-refractivity contribution in [2.24, 2.45) is 0 Å². The highest BCUT2D eigenvalue weighted by molar-refractivity contribution is 7.99. The van der Waals surface area contributed by atoms with E-state index in [-0.39, 0.29) is 18.5 Å². The molecule has 0 bridgehead atoms. The first-order valence-electron chi connectivity index (χ1n) is 5.44. The Hall–Kier alpha value is -0.750. The van der Waals surface area contributed by atoms with Gasteiger partial charge in [0, 0.05) is 37.1 Å². The molecule has 1 amide bonds. The number of hydrogen-bond donors (Lipinski definition) is 2. The van der Waals surface area contributed by atoms with Gasteiger partial charge in [0.05, 0.1) is 0 Å². The van der Waals surface area contributed by atoms with Crippen molar-refractivity contribution in [1.82, 2.24) is 10.2 Å². The smallest absolute Gasteiger partial charge is 0.323 e. The third kappa shape index (κ3) is 4.40. The summed E-state index contributed by atoms with van der Waals surface area (Å²) in [7, 11) is 0. The van der Waals surface area contributed by atoms with Crippen molar-refractivity contribution < 1.29 is 14.7 Å². The quantitative estimate of drug-likeness (QED) is 0.715. The molecule has 2 N–H and O–H groups in total. The van der Waals surface area contributed by atoms with Crippen LogP contribution in [0.4, 0.5) is 0 Å². The highest BCUT2D eigenvalue weighted by Gasteiger charge is 2.21. The van der Waals surface area contributed by atoms with Crippen molar-refractivity contribution in [3.05, 3.63) is 0 Å². The van der Waals surface area contributed by atoms with Crippen molar-refractivity contribution in [2.45, 2.75) is 19.4 Å². The topological polar surface area (TPSA) is 69.6 Å². The molecular formula is C10H18N2O3S. The van der Waals surface area contributed by atoms with Gasteiger partial charge in [-0.05, 0) is 6.92 Å². The van der Waals surface area contributed by atoms with Crippen molar-refractivity contribution >= 4 is 23.6 Å². The lowest BCUT2D eigenvalue weighted by Crippen LogP contribution is -2.43. The predicted octanol–water partition coefficient (Wildman–Crippen LogP) is 0.0146. The first-order chi connectivity index (χ1) is 7.63. The van der Waals surface area contributed by atoms with Crippen LogP contribution in [-0.4, -0.2) is 59.1 Å². The first kappa shape index (κ1) is 13.3. The fourth-order valence-corrected chi connectivity index (χ4v) is 2.58. The number of carboxylic acids is 1. The van der Waals surface area contributed by atoms with Gasteiger partial charge in [-0.2, -0.15) is 11.8 Å². The summed E-state index contributed by atoms with van der Waals surface area (Å²) in [5.74, 6) is 0.972. The molecule has 1 fully saturated rings. The van der Waals surface area contributed by atoms with Gasteiger partial charge in [0.15, 0.2) is 0 Å². The minimum atomic E-state index is -0.957. The van der Waals surface area contributed by atoms with E-state index in [0.29, 0.717) is 13.0 Å². The Morgan fingerprint density at radius 1 is 1.56 bits per heavy atom. The molecule has 0 aromatic carbocycles. The molecule has 0 saturated carbocycles. The van der Waals surface area contributed by atoms with Gasteiger partial charge in [-0.3, -0.25) is 9.59 Å². The summed E-state index contributed by atoms with van der Waals surface area (Å²) in [5, 5.41) is 11.9. The second-order valence-corrected chi connectivity index (χ2v) is 4.88. The molecule has 1 atom stereocenters. The molecule has 1 saturated heterocycles. The van der Waals surface area contributed by atoms with Crippen LogP contribution in [-0.2, 0) is 9.59 Å². The van der Waals surface area contributed by atoms with Gasteiger partial charge in [-0.1, -0.05) is 0 Å². The largest absolute Gasteiger partial charge is 0.480 e. The second-order valence-electron chi connectivity index (χ2n) is 3.73. The predicted molar refractivity (Wildman–Crippen MR) is 63.6 cm³/mol. The fraction of sp³-hybridized carbons (Fsp3) is 0.800. The highest BCUT2D eigenvalue weighted by Crippen LogP contribution is 2.11. The summed E-state index contributed by atoms with van der Waals surface area (Å²) in [4.78, 5) is 23.7. The van der Waals surface area contributed by atoms with Crippen LogP contribution in [0.1, 0.15) is 13.3 Å². The Balaban J connectivity index is 2.38. The summed E-state index contributed by atoms with van der Waals surface area (Å²) in [6.45, 7) is 2.97. The molecule has 0 spiro atoms. The number of rotatable bonds is 5. The van der Waals surface area contributed by atoms with Crippen molar-refractivity contribution in [3.8, 4) is 0 Å². The van der Waals surface area contributed by atoms with Crippen molar-refractivity contribution in [2.75, 3.05) is 31.1 Å². The SMILES string of the molecule is CCN(CC(=O)O)C(=O)CC1CSCCN1. The summed E-state index contributed by atoms with van der Waals surface area (Å²) >= 11 is 1.83. The molecule has 1 rings (SSSR count). The molecular weight excluding hydrogens is 228 g/mol. The number of carbonyl (C=O) groups excluding carboxylic acids is 1. The normalized spacial score (nSPS) is 20.4. The van der Waals surface area contributed by atoms with E-state index in [9.17, 15) is 9.59 Å². The molecule has 1 unspecified atom stereocenters. The van der Waals surface area contributed by atoms with E-state index in [1.54, 1.807) is 6.92 Å². The number of carbonyl (C=O) groups is 2. The molecule has 5 nitrogen and oxygen atoms in total. The van der Waals surface area contributed by atoms with Crippen molar-refractivity contribution in [3.63, 3.8) is 0 Å². The van der Waals surface area contributed by atoms with E-state index >= 15 is 0 Å². The van der Waals surface area contributed by atoms with E-state index in [1.165, 1.54) is 4.90 Å². The Kier molecular flexibility index (Phi) is 5.62. The van der Waals surface area contributed by atoms with Crippen molar-refractivity contribution in [1.29, 1.82) is 0 Å². The number of carboxylic acid groups (broad SMARTS) is 1. The van der Waals surface area contributed by atoms with Gasteiger partial charge < -0.3 is 15.3 Å². The zero-order valence-electron chi connectivity index (χ0n) is 9.44. The average Bonchev–Trinajstić information content (AvgIpc) is 2.26. The van der Waals surface area contributed by atoms with Gasteiger partial charge >= 0.3 is 5.97 Å². The van der Waals surface area contributed by atoms with E-state index in [2.05, 4.69) is 5.32 Å². The van der Waals surface area contributed by atoms with Gasteiger partial charge in [-0.15, -0.1) is 0 Å². The molecule has 6 heteroatoms. The highest BCUT2D eigenvalue weighted by atomic mass is 32.2. The van der Waals surface area contributed by atoms with Crippen LogP contribution >= 0.6 is 11.8 Å². The zero-order chi connectivity index (χ0) is 12.0. The fourth-order valence-electron chi connectivity index (χ4n) is 1.63. The lowest BCUT2D eigenvalue weighted by Gasteiger charge is -2.25. The Morgan fingerprint density at radius 3 is 2.81 bits per heavy atom. The molecule has 0 aromatic heterocycles. The molecule has 1 aliphatic heterocycles. The summed E-state index contributed by atoms with van der Waals surface area (Å²) in [5.41, 5.74) is 0. The summed E-state index contributed by atoms with van der Waals surface area (Å²) in [6, 6.07) is 0.189. The monoisotopic (exact) mass is 246 g/mol. The zero-order valence-corrected chi connectivity index (χ0v) is 10.3. The number of nitrogens with one attached hydrogen (secondary N) is 1. The van der Waals surface area contributed by atoms with E-state index in [0.717, 1.165) is 18.1 Å². The molecule has 0 aliphatic carbocycles. The Labute approximate surface area is 99.6 Å². The second kappa shape index (κ2) is 6.75. The van der Waals surface area contributed by atoms with Crippen LogP contribution in [0.3, 0.4) is 0 Å². The first-order valence-corrected chi connectivity index (χ1v) is 6.59. The van der Waals surface area contributed by atoms with Gasteiger partial charge in [0.25, 0.3) is 0 Å². The van der Waals surface area contributed by atoms with E-state index < -0.39 is 5.97 Å². The van der Waals surface area contributed by atoms with Gasteiger partial charge in [0.2, 0.25) is 5.91 Å². The third-order valence-corrected chi connectivity index (χ3v) is 3.61. The molecule has 0 radical (unpaired) electrons. The maximum absolute atomic E-state index is 11.8. The van der Waals surface area contributed by atoms with Crippen LogP contribution in [0.15, 0.2) is 0 Å². The van der Waals surface area contributed by atoms with Crippen LogP contribution in [0, 0.1) is 0 Å². The minimum Gasteiger partial charge on any atom is -0.480 e. The minimum absolute atomic E-state index is 0.0788. The Bertz CT molecular complexity index is 254. The molecule has 1 aliphatic rings. The van der Waals surface area contributed by atoms with Crippen LogP contribution in [0.5, 0.6) is 0 Å². The number of amides is 1. The number of aliphatic carboxylic acids is 1. The van der Waals surface area contributed by atoms with Gasteiger partial charge in [0.1, 0.15) is 6.54 Å². The number of hydrogen-bond acceptors (Lipinski definition) is 4. The average molecular weight is 246 g/mol. The van der Waals surface area contributed by atoms with E-state index in [4.69, 9.17) is 5.11 Å². The summed E-state index contributed by atoms with van der Waals surface area (Å²) in [6.07, 6.45) is 0.397. The lowest BCUT2D eigenvalue weighted by molar-refractivity contribution is -0.144. The number of nitrogens with zero attached hydrogens (tertiary/aromatic N) is 1. The van der Waals surface area contributed by atoms with Crippen LogP contribution < -0.4 is 5.32 Å². The maximum Gasteiger partial charge on any atom is 0.323 e. The molecule has 92 valence electrons. The Morgan fingerprint density at radius 2 is 2.31 bits per heavy atom. The summed E-state index contributed by atoms with van der Waals surface area (Å²) < 4.78 is 0. The molecule has 1 heterocycles. The maximum atomic E-state index is 11.8. The van der Waals surface area contributed by atoms with Crippen LogP contribution in [0.2, 0.25) is 0 Å². The molecule has 0 aromatic rings. The third-order valence-electron chi connectivity index (χ3n) is 2.48. The van der Waals surface area contributed by atoms with Crippen LogP contribution in [0.25, 0.3) is 0 Å². The van der Waals surface area contributed by atoms with E-state index in [1.807, 2.05) is 11.8 Å². The number of thioether (sulfide) groups is 1. The lowest BCUT2D eigenvalue weighted by atomic mass is 10.2. The molecule has 16 heavy (non-hydrogen) atoms.